The van der Waals surface area contributed by atoms with Gasteiger partial charge in [-0.15, -0.1) is 5.92 Å². The lowest BCUT2D eigenvalue weighted by atomic mass is 9.46. The fourth-order valence-corrected chi connectivity index (χ4v) is 8.71. The van der Waals surface area contributed by atoms with E-state index in [0.717, 1.165) is 36.8 Å². The molecule has 0 aliphatic heterocycles. The van der Waals surface area contributed by atoms with Crippen LogP contribution >= 0.6 is 0 Å². The van der Waals surface area contributed by atoms with Gasteiger partial charge < -0.3 is 10.2 Å². The average Bonchev–Trinajstić information content (AvgIpc) is 3.18. The number of benzene rings is 1. The quantitative estimate of drug-likeness (QED) is 0.348. The maximum absolute atomic E-state index is 12.7. The molecule has 1 aromatic rings. The number of hydrogen-bond donors (Lipinski definition) is 2. The van der Waals surface area contributed by atoms with Gasteiger partial charge in [0.05, 0.1) is 17.8 Å². The molecule has 6 atom stereocenters. The Balaban J connectivity index is 1.71. The Morgan fingerprint density at radius 3 is 2.41 bits per heavy atom. The Morgan fingerprint density at radius 1 is 1.08 bits per heavy atom. The minimum absolute atomic E-state index is 0.00296. The van der Waals surface area contributed by atoms with Gasteiger partial charge in [-0.1, -0.05) is 42.7 Å². The molecule has 6 nitrogen and oxygen atoms in total. The fourth-order valence-electron chi connectivity index (χ4n) is 8.71. The van der Waals surface area contributed by atoms with E-state index in [9.17, 15) is 29.4 Å². The van der Waals surface area contributed by atoms with Crippen molar-refractivity contribution in [1.29, 1.82) is 0 Å². The van der Waals surface area contributed by atoms with E-state index >= 15 is 0 Å². The highest BCUT2D eigenvalue weighted by Crippen LogP contribution is 2.71. The van der Waals surface area contributed by atoms with E-state index in [2.05, 4.69) is 18.8 Å². The average molecular weight is 529 g/mol. The number of allylic oxidation sites excluding steroid dienone is 4. The summed E-state index contributed by atoms with van der Waals surface area (Å²) < 4.78 is 0. The monoisotopic (exact) mass is 528 g/mol. The van der Waals surface area contributed by atoms with Crippen molar-refractivity contribution in [3.63, 3.8) is 0 Å². The van der Waals surface area contributed by atoms with Gasteiger partial charge in [-0.25, -0.2) is 0 Å². The lowest BCUT2D eigenvalue weighted by Crippen LogP contribution is -2.52. The van der Waals surface area contributed by atoms with E-state index in [4.69, 9.17) is 0 Å². The second-order valence-electron chi connectivity index (χ2n) is 12.0. The first kappa shape index (κ1) is 27.1. The third-order valence-electron chi connectivity index (χ3n) is 10.3. The highest BCUT2D eigenvalue weighted by atomic mass is 16.4. The molecule has 0 amide bonds. The summed E-state index contributed by atoms with van der Waals surface area (Å²) in [4.78, 5) is 48.8. The highest BCUT2D eigenvalue weighted by Gasteiger charge is 2.66. The van der Waals surface area contributed by atoms with Gasteiger partial charge in [-0.3, -0.25) is 19.2 Å². The van der Waals surface area contributed by atoms with Crippen molar-refractivity contribution >= 4 is 23.5 Å². The summed E-state index contributed by atoms with van der Waals surface area (Å²) >= 11 is 0. The van der Waals surface area contributed by atoms with Crippen molar-refractivity contribution in [3.8, 4) is 11.8 Å². The van der Waals surface area contributed by atoms with Crippen LogP contribution in [0.5, 0.6) is 0 Å². The zero-order chi connectivity index (χ0) is 28.1. The summed E-state index contributed by atoms with van der Waals surface area (Å²) in [5.74, 6) is 3.52. The standard InChI is InChI=1S/C33H36O6/c1-4-14-33(28(31(38)39)17-29(36)37)15-13-27-25-11-9-22-16-23(35)10-12-24(22)30(25)26(18-32(27,33)3)21-7-5-20(6-8-21)19(2)34/h5-8,16,25-28H,9-13,15,17-18H2,1-3H3,(H,36,37)(H,38,39)/t25?,26-,27?,28-,32+,33-/m1/s1. The summed E-state index contributed by atoms with van der Waals surface area (Å²) in [6.45, 7) is 5.41. The van der Waals surface area contributed by atoms with Gasteiger partial charge in [0.15, 0.2) is 11.6 Å². The van der Waals surface area contributed by atoms with Gasteiger partial charge >= 0.3 is 11.9 Å². The molecule has 0 radical (unpaired) electrons. The molecule has 1 aromatic carbocycles. The van der Waals surface area contributed by atoms with Gasteiger partial charge in [-0.2, -0.15) is 0 Å². The molecule has 0 bridgehead atoms. The molecule has 2 fully saturated rings. The second-order valence-corrected chi connectivity index (χ2v) is 12.0. The summed E-state index contributed by atoms with van der Waals surface area (Å²) in [6.07, 6.45) is 6.27. The van der Waals surface area contributed by atoms with Crippen LogP contribution in [0.4, 0.5) is 0 Å². The maximum Gasteiger partial charge on any atom is 0.308 e. The van der Waals surface area contributed by atoms with Crippen LogP contribution in [0.2, 0.25) is 0 Å². The summed E-state index contributed by atoms with van der Waals surface area (Å²) in [5.41, 5.74) is 4.00. The lowest BCUT2D eigenvalue weighted by Gasteiger charge is -2.56. The number of carbonyl (C=O) groups excluding carboxylic acids is 2. The van der Waals surface area contributed by atoms with E-state index in [1.54, 1.807) is 13.8 Å². The van der Waals surface area contributed by atoms with E-state index in [1.807, 2.05) is 30.3 Å². The van der Waals surface area contributed by atoms with Crippen LogP contribution in [-0.4, -0.2) is 33.7 Å². The molecular formula is C33H36O6. The van der Waals surface area contributed by atoms with Gasteiger partial charge in [0.2, 0.25) is 0 Å². The number of hydrogen-bond acceptors (Lipinski definition) is 4. The van der Waals surface area contributed by atoms with E-state index < -0.39 is 35.1 Å². The lowest BCUT2D eigenvalue weighted by molar-refractivity contribution is -0.156. The Hall–Kier alpha value is -3.46. The predicted molar refractivity (Wildman–Crippen MR) is 146 cm³/mol. The van der Waals surface area contributed by atoms with Crippen molar-refractivity contribution in [1.82, 2.24) is 0 Å². The molecule has 0 heterocycles. The van der Waals surface area contributed by atoms with E-state index in [-0.39, 0.29) is 29.3 Å². The largest absolute Gasteiger partial charge is 0.481 e. The number of carboxylic acids is 2. The van der Waals surface area contributed by atoms with Crippen LogP contribution < -0.4 is 0 Å². The van der Waals surface area contributed by atoms with Crippen LogP contribution in [0.25, 0.3) is 0 Å². The molecule has 2 unspecified atom stereocenters. The highest BCUT2D eigenvalue weighted by molar-refractivity contribution is 5.94. The predicted octanol–water partition coefficient (Wildman–Crippen LogP) is 5.97. The molecular weight excluding hydrogens is 492 g/mol. The Bertz CT molecular complexity index is 1370. The molecule has 39 heavy (non-hydrogen) atoms. The van der Waals surface area contributed by atoms with E-state index in [0.29, 0.717) is 24.8 Å². The van der Waals surface area contributed by atoms with Gasteiger partial charge in [0.1, 0.15) is 0 Å². The molecule has 0 aromatic heterocycles. The number of fused-ring (bicyclic) bond motifs is 4. The summed E-state index contributed by atoms with van der Waals surface area (Å²) in [6, 6.07) is 7.73. The van der Waals surface area contributed by atoms with Crippen LogP contribution in [0.3, 0.4) is 0 Å². The molecule has 0 spiro atoms. The van der Waals surface area contributed by atoms with Crippen molar-refractivity contribution in [2.75, 3.05) is 0 Å². The van der Waals surface area contributed by atoms with Gasteiger partial charge in [0.25, 0.3) is 0 Å². The number of ketones is 2. The zero-order valence-electron chi connectivity index (χ0n) is 22.9. The van der Waals surface area contributed by atoms with Crippen LogP contribution in [0, 0.1) is 40.4 Å². The first-order valence-electron chi connectivity index (χ1n) is 14.0. The minimum atomic E-state index is -1.12. The van der Waals surface area contributed by atoms with Crippen LogP contribution in [0.15, 0.2) is 47.1 Å². The molecule has 0 saturated heterocycles. The molecule has 5 rings (SSSR count). The van der Waals surface area contributed by atoms with Crippen LogP contribution in [-0.2, 0) is 14.4 Å². The van der Waals surface area contributed by atoms with Crippen molar-refractivity contribution in [2.45, 2.75) is 78.1 Å². The number of carbonyl (C=O) groups is 4. The van der Waals surface area contributed by atoms with Gasteiger partial charge in [0, 0.05) is 17.9 Å². The van der Waals surface area contributed by atoms with Crippen molar-refractivity contribution < 1.29 is 29.4 Å². The Morgan fingerprint density at radius 2 is 1.79 bits per heavy atom. The second kappa shape index (κ2) is 9.93. The number of Topliss-reactive ketones (excluding diaryl/α,β-unsaturated/α-hetero) is 1. The third kappa shape index (κ3) is 4.27. The Labute approximate surface area is 229 Å². The summed E-state index contributed by atoms with van der Waals surface area (Å²) in [7, 11) is 0. The number of carboxylic acid groups (broad SMARTS) is 2. The van der Waals surface area contributed by atoms with Crippen LogP contribution in [0.1, 0.15) is 94.0 Å². The summed E-state index contributed by atoms with van der Waals surface area (Å²) in [5, 5.41) is 20.1. The molecule has 4 aliphatic rings. The maximum atomic E-state index is 12.7. The smallest absolute Gasteiger partial charge is 0.308 e. The topological polar surface area (TPSA) is 109 Å². The van der Waals surface area contributed by atoms with E-state index in [1.165, 1.54) is 11.1 Å². The normalized spacial score (nSPS) is 32.1. The van der Waals surface area contributed by atoms with Crippen molar-refractivity contribution in [3.05, 3.63) is 58.2 Å². The molecule has 2 N–H and O–H groups in total. The number of rotatable bonds is 6. The molecule has 6 heteroatoms. The fraction of sp³-hybridized carbons (Fsp3) is 0.515. The first-order chi connectivity index (χ1) is 18.5. The first-order valence-corrected chi connectivity index (χ1v) is 14.0. The Kier molecular flexibility index (Phi) is 6.91. The molecule has 2 saturated carbocycles. The molecule has 204 valence electrons. The zero-order valence-corrected chi connectivity index (χ0v) is 22.9. The third-order valence-corrected chi connectivity index (χ3v) is 10.3. The number of aliphatic carboxylic acids is 2. The molecule has 4 aliphatic carbocycles. The van der Waals surface area contributed by atoms with Crippen molar-refractivity contribution in [2.24, 2.45) is 28.6 Å². The SMILES string of the molecule is CC#C[C@]1([C@H](CC(=O)O)C(=O)O)CCC2C3CCC4=CC(=O)CCC4=C3[C@@H](c3ccc(C(C)=O)cc3)C[C@@]21C. The minimum Gasteiger partial charge on any atom is -0.481 e. The van der Waals surface area contributed by atoms with Gasteiger partial charge in [-0.05, 0) is 92.4 Å².